The summed E-state index contributed by atoms with van der Waals surface area (Å²) >= 11 is 0. The molecule has 3 unspecified atom stereocenters. The van der Waals surface area contributed by atoms with Gasteiger partial charge < -0.3 is 5.32 Å². The van der Waals surface area contributed by atoms with E-state index in [1.54, 1.807) is 0 Å². The molecule has 0 aromatic carbocycles. The zero-order valence-electron chi connectivity index (χ0n) is 14.5. The fourth-order valence-electron chi connectivity index (χ4n) is 4.58. The van der Waals surface area contributed by atoms with Gasteiger partial charge in [0.25, 0.3) is 0 Å². The summed E-state index contributed by atoms with van der Waals surface area (Å²) in [5.41, 5.74) is 0. The summed E-state index contributed by atoms with van der Waals surface area (Å²) < 4.78 is 0. The second kappa shape index (κ2) is 7.29. The first-order chi connectivity index (χ1) is 9.47. The van der Waals surface area contributed by atoms with Gasteiger partial charge in [-0.2, -0.15) is 0 Å². The van der Waals surface area contributed by atoms with Crippen LogP contribution in [0.2, 0.25) is 0 Å². The molecule has 1 heterocycles. The van der Waals surface area contributed by atoms with Crippen LogP contribution in [0.25, 0.3) is 0 Å². The fourth-order valence-corrected chi connectivity index (χ4v) is 4.58. The summed E-state index contributed by atoms with van der Waals surface area (Å²) in [6, 6.07) is 1.59. The Morgan fingerprint density at radius 2 is 1.35 bits per heavy atom. The molecule has 0 bridgehead atoms. The van der Waals surface area contributed by atoms with Crippen molar-refractivity contribution < 1.29 is 0 Å². The highest BCUT2D eigenvalue weighted by Gasteiger charge is 2.31. The maximum atomic E-state index is 3.89. The lowest BCUT2D eigenvalue weighted by molar-refractivity contribution is 0.170. The lowest BCUT2D eigenvalue weighted by atomic mass is 9.72. The minimum atomic E-state index is 0.781. The van der Waals surface area contributed by atoms with Gasteiger partial charge in [-0.15, -0.1) is 0 Å². The van der Waals surface area contributed by atoms with Crippen molar-refractivity contribution in [1.82, 2.24) is 5.32 Å². The summed E-state index contributed by atoms with van der Waals surface area (Å²) in [5, 5.41) is 3.89. The molecule has 0 spiro atoms. The van der Waals surface area contributed by atoms with Gasteiger partial charge in [0.05, 0.1) is 0 Å². The van der Waals surface area contributed by atoms with E-state index in [4.69, 9.17) is 0 Å². The predicted molar refractivity (Wildman–Crippen MR) is 88.9 cm³/mol. The molecule has 2 aliphatic rings. The molecule has 1 saturated carbocycles. The second-order valence-corrected chi connectivity index (χ2v) is 8.42. The van der Waals surface area contributed by atoms with Crippen molar-refractivity contribution in [2.45, 2.75) is 91.6 Å². The summed E-state index contributed by atoms with van der Waals surface area (Å²) in [5.74, 6) is 4.64. The molecule has 0 radical (unpaired) electrons. The van der Waals surface area contributed by atoms with Crippen LogP contribution >= 0.6 is 0 Å². The monoisotopic (exact) mass is 279 g/mol. The Hall–Kier alpha value is -0.0400. The Morgan fingerprint density at radius 1 is 0.750 bits per heavy atom. The van der Waals surface area contributed by atoms with Gasteiger partial charge in [0.15, 0.2) is 0 Å². The highest BCUT2D eigenvalue weighted by Crippen LogP contribution is 2.38. The van der Waals surface area contributed by atoms with Gasteiger partial charge in [0, 0.05) is 12.1 Å². The summed E-state index contributed by atoms with van der Waals surface area (Å²) in [4.78, 5) is 0. The van der Waals surface area contributed by atoms with Crippen LogP contribution in [-0.2, 0) is 0 Å². The van der Waals surface area contributed by atoms with Gasteiger partial charge in [0.1, 0.15) is 0 Å². The maximum absolute atomic E-state index is 3.89. The van der Waals surface area contributed by atoms with Crippen LogP contribution in [0.15, 0.2) is 0 Å². The van der Waals surface area contributed by atoms with E-state index in [1.165, 1.54) is 44.9 Å². The molecule has 2 fully saturated rings. The van der Waals surface area contributed by atoms with E-state index in [0.29, 0.717) is 0 Å². The fraction of sp³-hybridized carbons (Fsp3) is 1.00. The number of hydrogen-bond donors (Lipinski definition) is 1. The topological polar surface area (TPSA) is 12.0 Å². The van der Waals surface area contributed by atoms with Gasteiger partial charge in [0.2, 0.25) is 0 Å². The Balaban J connectivity index is 1.72. The average molecular weight is 280 g/mol. The third-order valence-electron chi connectivity index (χ3n) is 6.30. The lowest BCUT2D eigenvalue weighted by Crippen LogP contribution is -2.35. The van der Waals surface area contributed by atoms with Crippen LogP contribution in [0.3, 0.4) is 0 Å². The Bertz CT molecular complexity index is 275. The first-order valence-electron chi connectivity index (χ1n) is 9.23. The minimum absolute atomic E-state index is 0.781. The van der Waals surface area contributed by atoms with E-state index >= 15 is 0 Å². The molecule has 118 valence electrons. The van der Waals surface area contributed by atoms with Crippen molar-refractivity contribution in [2.75, 3.05) is 0 Å². The van der Waals surface area contributed by atoms with E-state index in [2.05, 4.69) is 39.9 Å². The normalized spacial score (nSPS) is 36.8. The lowest BCUT2D eigenvalue weighted by Gasteiger charge is -2.35. The summed E-state index contributed by atoms with van der Waals surface area (Å²) in [7, 11) is 0. The summed E-state index contributed by atoms with van der Waals surface area (Å²) in [6.07, 6.45) is 10.2. The molecular weight excluding hydrogens is 242 g/mol. The molecule has 1 aliphatic heterocycles. The van der Waals surface area contributed by atoms with E-state index in [9.17, 15) is 0 Å². The van der Waals surface area contributed by atoms with Crippen molar-refractivity contribution in [1.29, 1.82) is 0 Å². The number of nitrogens with one attached hydrogen (secondary N) is 1. The largest absolute Gasteiger partial charge is 0.311 e. The zero-order valence-corrected chi connectivity index (χ0v) is 14.5. The molecule has 0 aromatic rings. The second-order valence-electron chi connectivity index (χ2n) is 8.42. The average Bonchev–Trinajstić information content (AvgIpc) is 2.87. The van der Waals surface area contributed by atoms with Crippen LogP contribution in [0.1, 0.15) is 79.6 Å². The van der Waals surface area contributed by atoms with Gasteiger partial charge >= 0.3 is 0 Å². The predicted octanol–water partition coefficient (Wildman–Crippen LogP) is 5.25. The standard InChI is InChI=1S/C19H37N/c1-13(2)16-6-8-17(9-7-16)15(5)12-18-10-11-19(20-18)14(3)4/h13-20H,6-12H2,1-5H3. The Kier molecular flexibility index (Phi) is 5.95. The minimum Gasteiger partial charge on any atom is -0.311 e. The van der Waals surface area contributed by atoms with Crippen molar-refractivity contribution in [3.63, 3.8) is 0 Å². The number of hydrogen-bond acceptors (Lipinski definition) is 1. The molecule has 20 heavy (non-hydrogen) atoms. The van der Waals surface area contributed by atoms with Gasteiger partial charge in [-0.3, -0.25) is 0 Å². The summed E-state index contributed by atoms with van der Waals surface area (Å²) in [6.45, 7) is 12.0. The van der Waals surface area contributed by atoms with Gasteiger partial charge in [-0.25, -0.2) is 0 Å². The molecule has 3 atom stereocenters. The van der Waals surface area contributed by atoms with Crippen molar-refractivity contribution in [3.8, 4) is 0 Å². The van der Waals surface area contributed by atoms with Crippen molar-refractivity contribution in [3.05, 3.63) is 0 Å². The molecule has 1 heteroatoms. The molecule has 1 saturated heterocycles. The van der Waals surface area contributed by atoms with E-state index in [1.807, 2.05) is 0 Å². The third-order valence-corrected chi connectivity index (χ3v) is 6.30. The van der Waals surface area contributed by atoms with Crippen molar-refractivity contribution >= 4 is 0 Å². The van der Waals surface area contributed by atoms with E-state index in [0.717, 1.165) is 41.7 Å². The maximum Gasteiger partial charge on any atom is 0.00932 e. The molecular formula is C19H37N. The van der Waals surface area contributed by atoms with Crippen LogP contribution in [0.5, 0.6) is 0 Å². The Morgan fingerprint density at radius 3 is 1.85 bits per heavy atom. The smallest absolute Gasteiger partial charge is 0.00932 e. The first kappa shape index (κ1) is 16.3. The van der Waals surface area contributed by atoms with Crippen LogP contribution in [0, 0.1) is 29.6 Å². The van der Waals surface area contributed by atoms with Crippen LogP contribution < -0.4 is 5.32 Å². The SMILES string of the molecule is CC(C)C1CCC(C(C)CC2CCC(C(C)C)N2)CC1. The van der Waals surface area contributed by atoms with E-state index < -0.39 is 0 Å². The number of rotatable bonds is 5. The van der Waals surface area contributed by atoms with Crippen LogP contribution in [-0.4, -0.2) is 12.1 Å². The molecule has 0 amide bonds. The highest BCUT2D eigenvalue weighted by atomic mass is 15.0. The van der Waals surface area contributed by atoms with Crippen molar-refractivity contribution in [2.24, 2.45) is 29.6 Å². The van der Waals surface area contributed by atoms with Gasteiger partial charge in [-0.05, 0) is 74.5 Å². The zero-order chi connectivity index (χ0) is 14.7. The Labute approximate surface area is 127 Å². The molecule has 2 rings (SSSR count). The van der Waals surface area contributed by atoms with Gasteiger partial charge in [-0.1, -0.05) is 34.6 Å². The molecule has 1 aliphatic carbocycles. The quantitative estimate of drug-likeness (QED) is 0.724. The molecule has 1 N–H and O–H groups in total. The molecule has 0 aromatic heterocycles. The third kappa shape index (κ3) is 4.23. The molecule has 1 nitrogen and oxygen atoms in total. The van der Waals surface area contributed by atoms with E-state index in [-0.39, 0.29) is 0 Å². The van der Waals surface area contributed by atoms with Crippen LogP contribution in [0.4, 0.5) is 0 Å². The first-order valence-corrected chi connectivity index (χ1v) is 9.23. The highest BCUT2D eigenvalue weighted by molar-refractivity contribution is 4.88.